The predicted octanol–water partition coefficient (Wildman–Crippen LogP) is 4.37. The van der Waals surface area contributed by atoms with E-state index in [-0.39, 0.29) is 5.91 Å². The van der Waals surface area contributed by atoms with Crippen molar-refractivity contribution in [2.75, 3.05) is 12.4 Å². The van der Waals surface area contributed by atoms with E-state index >= 15 is 0 Å². The number of anilines is 1. The second-order valence-corrected chi connectivity index (χ2v) is 6.61. The van der Waals surface area contributed by atoms with E-state index in [2.05, 4.69) is 33.1 Å². The molecule has 0 aliphatic heterocycles. The molecule has 0 radical (unpaired) electrons. The Balaban J connectivity index is 1.68. The van der Waals surface area contributed by atoms with Gasteiger partial charge in [0.1, 0.15) is 5.75 Å². The number of nitrogens with one attached hydrogen (secondary N) is 2. The van der Waals surface area contributed by atoms with Gasteiger partial charge in [-0.25, -0.2) is 0 Å². The number of carbonyl (C=O) groups excluding carboxylic acids is 1. The number of thiophene rings is 1. The number of nitrogens with zero attached hydrogens (tertiary/aromatic N) is 2. The van der Waals surface area contributed by atoms with Gasteiger partial charge in [0, 0.05) is 29.4 Å². The number of benzene rings is 1. The van der Waals surface area contributed by atoms with Gasteiger partial charge in [0.25, 0.3) is 5.91 Å². The highest BCUT2D eigenvalue weighted by molar-refractivity contribution is 7.08. The SMILES string of the molecule is CCn1c(-c2cc(NC(=O)c3ccsc3)n[nH]2)cc2ccc(OC)cc21. The van der Waals surface area contributed by atoms with Crippen molar-refractivity contribution in [3.05, 3.63) is 52.7 Å². The zero-order valence-electron chi connectivity index (χ0n) is 14.4. The van der Waals surface area contributed by atoms with Crippen LogP contribution < -0.4 is 10.1 Å². The molecule has 2 N–H and O–H groups in total. The molecule has 0 unspecified atom stereocenters. The van der Waals surface area contributed by atoms with Crippen LogP contribution in [0.4, 0.5) is 5.82 Å². The van der Waals surface area contributed by atoms with Crippen LogP contribution in [0.25, 0.3) is 22.3 Å². The molecular formula is C19H18N4O2S. The first-order valence-corrected chi connectivity index (χ1v) is 9.20. The van der Waals surface area contributed by atoms with Gasteiger partial charge in [-0.3, -0.25) is 9.89 Å². The van der Waals surface area contributed by atoms with E-state index in [1.54, 1.807) is 13.2 Å². The van der Waals surface area contributed by atoms with E-state index in [0.29, 0.717) is 11.4 Å². The maximum absolute atomic E-state index is 12.2. The zero-order chi connectivity index (χ0) is 18.1. The zero-order valence-corrected chi connectivity index (χ0v) is 15.3. The largest absolute Gasteiger partial charge is 0.497 e. The van der Waals surface area contributed by atoms with Crippen molar-refractivity contribution in [3.8, 4) is 17.1 Å². The molecule has 3 heterocycles. The number of rotatable bonds is 5. The number of aryl methyl sites for hydroxylation is 1. The number of hydrogen-bond acceptors (Lipinski definition) is 4. The van der Waals surface area contributed by atoms with Crippen molar-refractivity contribution in [2.45, 2.75) is 13.5 Å². The summed E-state index contributed by atoms with van der Waals surface area (Å²) in [7, 11) is 1.67. The Labute approximate surface area is 154 Å². The number of amides is 1. The van der Waals surface area contributed by atoms with Gasteiger partial charge in [0.15, 0.2) is 5.82 Å². The van der Waals surface area contributed by atoms with Crippen LogP contribution in [-0.4, -0.2) is 27.8 Å². The van der Waals surface area contributed by atoms with Crippen LogP contribution in [0.5, 0.6) is 5.75 Å². The smallest absolute Gasteiger partial charge is 0.257 e. The van der Waals surface area contributed by atoms with Crippen molar-refractivity contribution in [1.82, 2.24) is 14.8 Å². The summed E-state index contributed by atoms with van der Waals surface area (Å²) >= 11 is 1.49. The molecule has 0 spiro atoms. The summed E-state index contributed by atoms with van der Waals surface area (Å²) in [6, 6.07) is 11.8. The first kappa shape index (κ1) is 16.4. The highest BCUT2D eigenvalue weighted by atomic mass is 32.1. The molecule has 1 aromatic carbocycles. The molecule has 0 saturated carbocycles. The topological polar surface area (TPSA) is 71.9 Å². The Bertz CT molecular complexity index is 1060. The fourth-order valence-electron chi connectivity index (χ4n) is 3.02. The van der Waals surface area contributed by atoms with Gasteiger partial charge in [-0.1, -0.05) is 0 Å². The van der Waals surface area contributed by atoms with Gasteiger partial charge in [-0.2, -0.15) is 16.4 Å². The summed E-state index contributed by atoms with van der Waals surface area (Å²) in [5.41, 5.74) is 3.59. The lowest BCUT2D eigenvalue weighted by Gasteiger charge is -2.07. The molecule has 6 nitrogen and oxygen atoms in total. The Hall–Kier alpha value is -3.06. The van der Waals surface area contributed by atoms with Crippen LogP contribution >= 0.6 is 11.3 Å². The molecule has 7 heteroatoms. The number of aromatic amines is 1. The lowest BCUT2D eigenvalue weighted by Crippen LogP contribution is -2.10. The molecule has 1 amide bonds. The Morgan fingerprint density at radius 2 is 2.19 bits per heavy atom. The number of aromatic nitrogens is 3. The summed E-state index contributed by atoms with van der Waals surface area (Å²) in [6.45, 7) is 2.90. The van der Waals surface area contributed by atoms with E-state index in [4.69, 9.17) is 4.74 Å². The van der Waals surface area contributed by atoms with Gasteiger partial charge < -0.3 is 14.6 Å². The molecule has 26 heavy (non-hydrogen) atoms. The first-order chi connectivity index (χ1) is 12.7. The van der Waals surface area contributed by atoms with E-state index in [9.17, 15) is 4.79 Å². The van der Waals surface area contributed by atoms with Crippen molar-refractivity contribution in [3.63, 3.8) is 0 Å². The number of carbonyl (C=O) groups is 1. The van der Waals surface area contributed by atoms with E-state index in [1.807, 2.05) is 35.0 Å². The van der Waals surface area contributed by atoms with Crippen LogP contribution in [0.3, 0.4) is 0 Å². The van der Waals surface area contributed by atoms with Crippen LogP contribution in [-0.2, 0) is 6.54 Å². The monoisotopic (exact) mass is 366 g/mol. The minimum Gasteiger partial charge on any atom is -0.497 e. The molecule has 4 rings (SSSR count). The quantitative estimate of drug-likeness (QED) is 0.551. The molecule has 0 saturated heterocycles. The van der Waals surface area contributed by atoms with Crippen molar-refractivity contribution in [2.24, 2.45) is 0 Å². The Kier molecular flexibility index (Phi) is 4.22. The summed E-state index contributed by atoms with van der Waals surface area (Å²) in [5, 5.41) is 14.9. The average molecular weight is 366 g/mol. The molecule has 0 atom stereocenters. The standard InChI is InChI=1S/C19H18N4O2S/c1-3-23-16-9-14(25-2)5-4-12(16)8-17(23)15-10-18(22-21-15)20-19(24)13-6-7-26-11-13/h4-11H,3H2,1-2H3,(H2,20,21,22,24). The molecule has 0 aliphatic carbocycles. The van der Waals surface area contributed by atoms with Crippen LogP contribution in [0.2, 0.25) is 0 Å². The van der Waals surface area contributed by atoms with Gasteiger partial charge >= 0.3 is 0 Å². The van der Waals surface area contributed by atoms with Crippen LogP contribution in [0.1, 0.15) is 17.3 Å². The molecule has 4 aromatic rings. The highest BCUT2D eigenvalue weighted by Gasteiger charge is 2.14. The minimum atomic E-state index is -0.162. The van der Waals surface area contributed by atoms with Gasteiger partial charge in [0.05, 0.1) is 29.6 Å². The maximum Gasteiger partial charge on any atom is 0.257 e. The number of fused-ring (bicyclic) bond motifs is 1. The van der Waals surface area contributed by atoms with Gasteiger partial charge in [-0.05, 0) is 36.6 Å². The van der Waals surface area contributed by atoms with Crippen molar-refractivity contribution >= 4 is 34.0 Å². The summed E-state index contributed by atoms with van der Waals surface area (Å²) in [6.07, 6.45) is 0. The number of ether oxygens (including phenoxy) is 1. The van der Waals surface area contributed by atoms with Gasteiger partial charge in [-0.15, -0.1) is 0 Å². The molecular weight excluding hydrogens is 348 g/mol. The lowest BCUT2D eigenvalue weighted by atomic mass is 10.2. The Morgan fingerprint density at radius 1 is 1.31 bits per heavy atom. The summed E-state index contributed by atoms with van der Waals surface area (Å²) in [4.78, 5) is 12.2. The van der Waals surface area contributed by atoms with E-state index in [0.717, 1.165) is 34.6 Å². The third kappa shape index (κ3) is 2.86. The van der Waals surface area contributed by atoms with Crippen LogP contribution in [0, 0.1) is 0 Å². The lowest BCUT2D eigenvalue weighted by molar-refractivity contribution is 0.102. The Morgan fingerprint density at radius 3 is 2.92 bits per heavy atom. The third-order valence-electron chi connectivity index (χ3n) is 4.31. The van der Waals surface area contributed by atoms with Crippen molar-refractivity contribution in [1.29, 1.82) is 0 Å². The molecule has 3 aromatic heterocycles. The molecule has 0 fully saturated rings. The van der Waals surface area contributed by atoms with Gasteiger partial charge in [0.2, 0.25) is 0 Å². The van der Waals surface area contributed by atoms with Crippen LogP contribution in [0.15, 0.2) is 47.2 Å². The predicted molar refractivity (Wildman–Crippen MR) is 104 cm³/mol. The molecule has 0 bridgehead atoms. The summed E-state index contributed by atoms with van der Waals surface area (Å²) < 4.78 is 7.53. The normalized spacial score (nSPS) is 11.0. The highest BCUT2D eigenvalue weighted by Crippen LogP contribution is 2.30. The molecule has 132 valence electrons. The number of hydrogen-bond donors (Lipinski definition) is 2. The minimum absolute atomic E-state index is 0.162. The fraction of sp³-hybridized carbons (Fsp3) is 0.158. The summed E-state index contributed by atoms with van der Waals surface area (Å²) in [5.74, 6) is 1.16. The number of methoxy groups -OCH3 is 1. The van der Waals surface area contributed by atoms with E-state index < -0.39 is 0 Å². The third-order valence-corrected chi connectivity index (χ3v) is 4.99. The van der Waals surface area contributed by atoms with E-state index in [1.165, 1.54) is 11.3 Å². The second kappa shape index (κ2) is 6.68. The van der Waals surface area contributed by atoms with Crippen molar-refractivity contribution < 1.29 is 9.53 Å². The first-order valence-electron chi connectivity index (χ1n) is 8.26. The number of H-pyrrole nitrogens is 1. The maximum atomic E-state index is 12.2. The fourth-order valence-corrected chi connectivity index (χ4v) is 3.66. The molecule has 0 aliphatic rings. The average Bonchev–Trinajstić information content (AvgIpc) is 3.39. The second-order valence-electron chi connectivity index (χ2n) is 5.83.